The third-order valence-electron chi connectivity index (χ3n) is 5.79. The predicted molar refractivity (Wildman–Crippen MR) is 112 cm³/mol. The molecule has 0 spiro atoms. The molecule has 2 atom stereocenters. The van der Waals surface area contributed by atoms with Crippen molar-refractivity contribution in [2.24, 2.45) is 5.92 Å². The van der Waals surface area contributed by atoms with Crippen LogP contribution >= 0.6 is 11.3 Å². The second-order valence-electron chi connectivity index (χ2n) is 8.06. The number of aryl methyl sites for hydroxylation is 2. The van der Waals surface area contributed by atoms with Crippen LogP contribution in [-0.4, -0.2) is 21.9 Å². The van der Waals surface area contributed by atoms with Gasteiger partial charge in [-0.2, -0.15) is 0 Å². The van der Waals surface area contributed by atoms with Crippen LogP contribution in [0.5, 0.6) is 0 Å². The molecule has 0 radical (unpaired) electrons. The van der Waals surface area contributed by atoms with Crippen molar-refractivity contribution in [1.82, 2.24) is 14.9 Å². The number of aromatic nitrogens is 2. The average Bonchev–Trinajstić information content (AvgIpc) is 3.00. The first-order chi connectivity index (χ1) is 12.9. The van der Waals surface area contributed by atoms with Gasteiger partial charge in [-0.25, -0.2) is 4.98 Å². The molecule has 3 aromatic rings. The molecule has 0 saturated heterocycles. The molecule has 2 heterocycles. The maximum Gasteiger partial charge on any atom is 0.259 e. The molecule has 0 aliphatic heterocycles. The lowest BCUT2D eigenvalue weighted by molar-refractivity contribution is 0.244. The SMILES string of the molecule is Cc1ccc(CN(C)[C@H](C)c2nc3sc4c(c3c(=O)[nH]2)CC[C@@H](C)C4)cc1. The summed E-state index contributed by atoms with van der Waals surface area (Å²) < 4.78 is 0. The lowest BCUT2D eigenvalue weighted by Crippen LogP contribution is -2.26. The summed E-state index contributed by atoms with van der Waals surface area (Å²) in [5.41, 5.74) is 3.80. The predicted octanol–water partition coefficient (Wildman–Crippen LogP) is 4.61. The van der Waals surface area contributed by atoms with Gasteiger partial charge in [-0.05, 0) is 57.2 Å². The van der Waals surface area contributed by atoms with Crippen molar-refractivity contribution in [3.63, 3.8) is 0 Å². The summed E-state index contributed by atoms with van der Waals surface area (Å²) in [6.07, 6.45) is 3.24. The van der Waals surface area contributed by atoms with Crippen LogP contribution in [-0.2, 0) is 19.4 Å². The minimum Gasteiger partial charge on any atom is -0.309 e. The largest absolute Gasteiger partial charge is 0.309 e. The summed E-state index contributed by atoms with van der Waals surface area (Å²) in [6.45, 7) is 7.31. The Bertz CT molecular complexity index is 1020. The van der Waals surface area contributed by atoms with Crippen LogP contribution in [0.15, 0.2) is 29.1 Å². The van der Waals surface area contributed by atoms with Gasteiger partial charge in [0.15, 0.2) is 0 Å². The number of benzene rings is 1. The highest BCUT2D eigenvalue weighted by Crippen LogP contribution is 2.36. The molecule has 2 aromatic heterocycles. The zero-order valence-corrected chi connectivity index (χ0v) is 17.3. The van der Waals surface area contributed by atoms with E-state index in [9.17, 15) is 4.79 Å². The quantitative estimate of drug-likeness (QED) is 0.718. The second-order valence-corrected chi connectivity index (χ2v) is 9.14. The van der Waals surface area contributed by atoms with Crippen LogP contribution in [0.25, 0.3) is 10.2 Å². The van der Waals surface area contributed by atoms with Crippen LogP contribution in [0.1, 0.15) is 53.7 Å². The van der Waals surface area contributed by atoms with E-state index >= 15 is 0 Å². The normalized spacial score (nSPS) is 18.0. The second kappa shape index (κ2) is 7.21. The highest BCUT2D eigenvalue weighted by Gasteiger charge is 2.24. The van der Waals surface area contributed by atoms with Crippen molar-refractivity contribution in [2.75, 3.05) is 7.05 Å². The fraction of sp³-hybridized carbons (Fsp3) is 0.455. The maximum atomic E-state index is 12.8. The number of thiophene rings is 1. The molecule has 0 saturated carbocycles. The number of nitrogens with one attached hydrogen (secondary N) is 1. The zero-order chi connectivity index (χ0) is 19.1. The highest BCUT2D eigenvalue weighted by molar-refractivity contribution is 7.18. The number of rotatable bonds is 4. The Morgan fingerprint density at radius 1 is 1.33 bits per heavy atom. The van der Waals surface area contributed by atoms with Crippen molar-refractivity contribution >= 4 is 21.6 Å². The Morgan fingerprint density at radius 3 is 2.81 bits per heavy atom. The lowest BCUT2D eigenvalue weighted by atomic mass is 9.89. The summed E-state index contributed by atoms with van der Waals surface area (Å²) in [5.74, 6) is 1.46. The molecule has 5 heteroatoms. The first kappa shape index (κ1) is 18.4. The molecule has 0 fully saturated rings. The van der Waals surface area contributed by atoms with Gasteiger partial charge in [0, 0.05) is 11.4 Å². The molecule has 142 valence electrons. The fourth-order valence-electron chi connectivity index (χ4n) is 3.89. The monoisotopic (exact) mass is 381 g/mol. The third-order valence-corrected chi connectivity index (χ3v) is 6.94. The Morgan fingerprint density at radius 2 is 2.07 bits per heavy atom. The number of aromatic amines is 1. The Balaban J connectivity index is 1.63. The highest BCUT2D eigenvalue weighted by atomic mass is 32.1. The van der Waals surface area contributed by atoms with Gasteiger partial charge in [-0.15, -0.1) is 11.3 Å². The Hall–Kier alpha value is -1.98. The van der Waals surface area contributed by atoms with Gasteiger partial charge in [-0.1, -0.05) is 36.8 Å². The van der Waals surface area contributed by atoms with E-state index in [0.29, 0.717) is 5.92 Å². The molecule has 4 nitrogen and oxygen atoms in total. The minimum atomic E-state index is 0.0256. The minimum absolute atomic E-state index is 0.0256. The molecule has 1 N–H and O–H groups in total. The Kier molecular flexibility index (Phi) is 4.91. The number of H-pyrrole nitrogens is 1. The first-order valence-electron chi connectivity index (χ1n) is 9.72. The average molecular weight is 382 g/mol. The zero-order valence-electron chi connectivity index (χ0n) is 16.5. The van der Waals surface area contributed by atoms with Gasteiger partial charge in [0.05, 0.1) is 11.4 Å². The smallest absolute Gasteiger partial charge is 0.259 e. The number of hydrogen-bond acceptors (Lipinski definition) is 4. The first-order valence-corrected chi connectivity index (χ1v) is 10.5. The van der Waals surface area contributed by atoms with Gasteiger partial charge in [-0.3, -0.25) is 9.69 Å². The molecule has 27 heavy (non-hydrogen) atoms. The van der Waals surface area contributed by atoms with E-state index < -0.39 is 0 Å². The van der Waals surface area contributed by atoms with E-state index in [1.165, 1.54) is 21.6 Å². The summed E-state index contributed by atoms with van der Waals surface area (Å²) >= 11 is 1.72. The van der Waals surface area contributed by atoms with Crippen LogP contribution in [0.2, 0.25) is 0 Å². The summed E-state index contributed by atoms with van der Waals surface area (Å²) in [4.78, 5) is 25.3. The molecule has 1 aromatic carbocycles. The molecule has 0 unspecified atom stereocenters. The molecule has 4 rings (SSSR count). The third kappa shape index (κ3) is 3.58. The van der Waals surface area contributed by atoms with Crippen molar-refractivity contribution in [1.29, 1.82) is 0 Å². The topological polar surface area (TPSA) is 49.0 Å². The van der Waals surface area contributed by atoms with Gasteiger partial charge >= 0.3 is 0 Å². The van der Waals surface area contributed by atoms with E-state index in [2.05, 4.69) is 62.0 Å². The van der Waals surface area contributed by atoms with Gasteiger partial charge in [0.1, 0.15) is 10.7 Å². The van der Waals surface area contributed by atoms with Gasteiger partial charge < -0.3 is 4.98 Å². The van der Waals surface area contributed by atoms with E-state index in [1.807, 2.05) is 0 Å². The van der Waals surface area contributed by atoms with E-state index in [-0.39, 0.29) is 11.6 Å². The molecule has 1 aliphatic carbocycles. The molecule has 1 aliphatic rings. The van der Waals surface area contributed by atoms with Crippen LogP contribution in [0, 0.1) is 12.8 Å². The van der Waals surface area contributed by atoms with Gasteiger partial charge in [0.25, 0.3) is 5.56 Å². The summed E-state index contributed by atoms with van der Waals surface area (Å²) in [7, 11) is 2.08. The fourth-order valence-corrected chi connectivity index (χ4v) is 5.28. The maximum absolute atomic E-state index is 12.8. The van der Waals surface area contributed by atoms with Crippen molar-refractivity contribution < 1.29 is 0 Å². The standard InChI is InChI=1S/C22H27N3OS/c1-13-5-8-16(9-6-13)12-25(4)15(3)20-23-21(26)19-17-10-7-14(2)11-18(17)27-22(19)24-20/h5-6,8-9,14-15H,7,10-12H2,1-4H3,(H,23,24,26)/t14-,15-/m1/s1. The van der Waals surface area contributed by atoms with Crippen molar-refractivity contribution in [3.05, 3.63) is 62.0 Å². The molecule has 0 bridgehead atoms. The summed E-state index contributed by atoms with van der Waals surface area (Å²) in [5, 5.41) is 0.832. The lowest BCUT2D eigenvalue weighted by Gasteiger charge is -2.24. The van der Waals surface area contributed by atoms with Crippen LogP contribution in [0.4, 0.5) is 0 Å². The number of hydrogen-bond donors (Lipinski definition) is 1. The number of nitrogens with zero attached hydrogens (tertiary/aromatic N) is 2. The van der Waals surface area contributed by atoms with E-state index in [1.54, 1.807) is 11.3 Å². The van der Waals surface area contributed by atoms with Gasteiger partial charge in [0.2, 0.25) is 0 Å². The molecule has 0 amide bonds. The Labute approximate surface area is 164 Å². The van der Waals surface area contributed by atoms with E-state index in [0.717, 1.165) is 41.8 Å². The van der Waals surface area contributed by atoms with E-state index in [4.69, 9.17) is 4.98 Å². The summed E-state index contributed by atoms with van der Waals surface area (Å²) in [6, 6.07) is 8.63. The van der Waals surface area contributed by atoms with Crippen molar-refractivity contribution in [2.45, 2.75) is 52.6 Å². The van der Waals surface area contributed by atoms with Crippen LogP contribution in [0.3, 0.4) is 0 Å². The molecular formula is C22H27N3OS. The van der Waals surface area contributed by atoms with Crippen LogP contribution < -0.4 is 5.56 Å². The van der Waals surface area contributed by atoms with Crippen molar-refractivity contribution in [3.8, 4) is 0 Å². The number of fused-ring (bicyclic) bond motifs is 3. The molecular weight excluding hydrogens is 354 g/mol.